The molecule has 1 aliphatic carbocycles. The van der Waals surface area contributed by atoms with Crippen LogP contribution in [0.5, 0.6) is 0 Å². The molecule has 19 heavy (non-hydrogen) atoms. The van der Waals surface area contributed by atoms with E-state index in [9.17, 15) is 4.79 Å². The summed E-state index contributed by atoms with van der Waals surface area (Å²) in [5, 5.41) is 6.52. The summed E-state index contributed by atoms with van der Waals surface area (Å²) in [7, 11) is 0. The molecule has 100 valence electrons. The summed E-state index contributed by atoms with van der Waals surface area (Å²) in [5.41, 5.74) is 2.19. The van der Waals surface area contributed by atoms with Crippen LogP contribution in [-0.4, -0.2) is 17.7 Å². The van der Waals surface area contributed by atoms with E-state index >= 15 is 0 Å². The van der Waals surface area contributed by atoms with Crippen LogP contribution in [0, 0.1) is 0 Å². The second kappa shape index (κ2) is 5.80. The Labute approximate surface area is 117 Å². The monoisotopic (exact) mass is 274 g/mol. The third-order valence-corrected chi connectivity index (χ3v) is 4.61. The number of hydrogen-bond donors (Lipinski definition) is 2. The summed E-state index contributed by atoms with van der Waals surface area (Å²) in [6.45, 7) is 0.867. The predicted octanol–water partition coefficient (Wildman–Crippen LogP) is 2.93. The van der Waals surface area contributed by atoms with Gasteiger partial charge in [0.25, 0.3) is 0 Å². The van der Waals surface area contributed by atoms with E-state index in [0.717, 1.165) is 18.7 Å². The number of allylic oxidation sites excluding steroid dienone is 1. The fraction of sp³-hybridized carbons (Fsp3) is 0.400. The normalized spacial score (nSPS) is 21.9. The number of benzene rings is 1. The first kappa shape index (κ1) is 12.8. The topological polar surface area (TPSA) is 41.1 Å². The number of carbonyl (C=O) groups excluding carboxylic acids is 1. The van der Waals surface area contributed by atoms with E-state index in [1.807, 2.05) is 0 Å². The highest BCUT2D eigenvalue weighted by Gasteiger charge is 2.15. The second-order valence-corrected chi connectivity index (χ2v) is 6.05. The molecule has 3 nitrogen and oxygen atoms in total. The average Bonchev–Trinajstić information content (AvgIpc) is 2.46. The maximum atomic E-state index is 11.4. The zero-order valence-corrected chi connectivity index (χ0v) is 11.6. The SMILES string of the molecule is O=C1CSc2ccc(CNC3CC=CCC3)cc2N1. The van der Waals surface area contributed by atoms with Crippen LogP contribution in [0.25, 0.3) is 0 Å². The van der Waals surface area contributed by atoms with Crippen LogP contribution in [-0.2, 0) is 11.3 Å². The minimum absolute atomic E-state index is 0.0972. The minimum Gasteiger partial charge on any atom is -0.324 e. The molecule has 1 unspecified atom stereocenters. The van der Waals surface area contributed by atoms with E-state index in [1.54, 1.807) is 11.8 Å². The van der Waals surface area contributed by atoms with Crippen molar-refractivity contribution in [2.75, 3.05) is 11.1 Å². The van der Waals surface area contributed by atoms with Crippen molar-refractivity contribution in [3.05, 3.63) is 35.9 Å². The van der Waals surface area contributed by atoms with Gasteiger partial charge in [-0.25, -0.2) is 0 Å². The van der Waals surface area contributed by atoms with Crippen molar-refractivity contribution >= 4 is 23.4 Å². The summed E-state index contributed by atoms with van der Waals surface area (Å²) in [5.74, 6) is 0.624. The quantitative estimate of drug-likeness (QED) is 0.833. The van der Waals surface area contributed by atoms with Crippen LogP contribution >= 0.6 is 11.8 Å². The summed E-state index contributed by atoms with van der Waals surface area (Å²) >= 11 is 1.61. The van der Waals surface area contributed by atoms with Gasteiger partial charge >= 0.3 is 0 Å². The molecule has 4 heteroatoms. The summed E-state index contributed by atoms with van der Waals surface area (Å²) in [4.78, 5) is 12.6. The third-order valence-electron chi connectivity index (χ3n) is 3.54. The lowest BCUT2D eigenvalue weighted by Crippen LogP contribution is -2.29. The maximum absolute atomic E-state index is 11.4. The second-order valence-electron chi connectivity index (χ2n) is 5.03. The van der Waals surface area contributed by atoms with Gasteiger partial charge in [-0.1, -0.05) is 18.2 Å². The van der Waals surface area contributed by atoms with E-state index in [1.165, 1.54) is 23.3 Å². The molecule has 3 rings (SSSR count). The van der Waals surface area contributed by atoms with E-state index in [-0.39, 0.29) is 5.91 Å². The smallest absolute Gasteiger partial charge is 0.234 e. The molecule has 0 spiro atoms. The molecule has 1 heterocycles. The van der Waals surface area contributed by atoms with Gasteiger partial charge in [0.15, 0.2) is 0 Å². The Kier molecular flexibility index (Phi) is 3.89. The average molecular weight is 274 g/mol. The molecule has 1 atom stereocenters. The van der Waals surface area contributed by atoms with Crippen molar-refractivity contribution < 1.29 is 4.79 Å². The molecular weight excluding hydrogens is 256 g/mol. The lowest BCUT2D eigenvalue weighted by Gasteiger charge is -2.21. The van der Waals surface area contributed by atoms with Crippen molar-refractivity contribution in [3.8, 4) is 0 Å². The van der Waals surface area contributed by atoms with Crippen LogP contribution in [0.1, 0.15) is 24.8 Å². The van der Waals surface area contributed by atoms with Crippen molar-refractivity contribution in [2.45, 2.75) is 36.7 Å². The number of fused-ring (bicyclic) bond motifs is 1. The molecule has 0 saturated carbocycles. The summed E-state index contributed by atoms with van der Waals surface area (Å²) in [6.07, 6.45) is 8.02. The number of thioether (sulfide) groups is 1. The number of amides is 1. The Balaban J connectivity index is 1.63. The molecule has 0 radical (unpaired) electrons. The van der Waals surface area contributed by atoms with Crippen molar-refractivity contribution in [1.82, 2.24) is 5.32 Å². The molecule has 0 saturated heterocycles. The standard InChI is InChI=1S/C15H18N2OS/c18-15-10-19-14-7-6-11(8-13(14)17-15)9-16-12-4-2-1-3-5-12/h1-2,6-8,12,16H,3-5,9-10H2,(H,17,18). The lowest BCUT2D eigenvalue weighted by atomic mass is 10.0. The number of hydrogen-bond acceptors (Lipinski definition) is 3. The Morgan fingerprint density at radius 1 is 1.37 bits per heavy atom. The molecule has 1 aromatic rings. The zero-order chi connectivity index (χ0) is 13.1. The highest BCUT2D eigenvalue weighted by molar-refractivity contribution is 8.00. The van der Waals surface area contributed by atoms with Gasteiger partial charge in [-0.15, -0.1) is 11.8 Å². The van der Waals surface area contributed by atoms with Gasteiger partial charge in [-0.3, -0.25) is 4.79 Å². The molecule has 0 fully saturated rings. The van der Waals surface area contributed by atoms with Crippen molar-refractivity contribution in [2.24, 2.45) is 0 Å². The zero-order valence-electron chi connectivity index (χ0n) is 10.8. The molecule has 0 bridgehead atoms. The van der Waals surface area contributed by atoms with Gasteiger partial charge in [0.1, 0.15) is 0 Å². The van der Waals surface area contributed by atoms with Crippen molar-refractivity contribution in [3.63, 3.8) is 0 Å². The molecule has 1 aromatic carbocycles. The van der Waals surface area contributed by atoms with Gasteiger partial charge in [-0.2, -0.15) is 0 Å². The Hall–Kier alpha value is -1.26. The third kappa shape index (κ3) is 3.19. The first-order valence-electron chi connectivity index (χ1n) is 6.75. The van der Waals surface area contributed by atoms with Crippen LogP contribution in [0.3, 0.4) is 0 Å². The fourth-order valence-electron chi connectivity index (χ4n) is 2.48. The van der Waals surface area contributed by atoms with Gasteiger partial charge in [0.2, 0.25) is 5.91 Å². The maximum Gasteiger partial charge on any atom is 0.234 e. The Bertz CT molecular complexity index is 513. The first-order valence-corrected chi connectivity index (χ1v) is 7.74. The Morgan fingerprint density at radius 3 is 3.16 bits per heavy atom. The van der Waals surface area contributed by atoms with Crippen LogP contribution < -0.4 is 10.6 Å². The van der Waals surface area contributed by atoms with E-state index in [0.29, 0.717) is 11.8 Å². The molecule has 0 aromatic heterocycles. The summed E-state index contributed by atoms with van der Waals surface area (Å²) < 4.78 is 0. The first-order chi connectivity index (χ1) is 9.31. The van der Waals surface area contributed by atoms with Gasteiger partial charge in [0, 0.05) is 17.5 Å². The van der Waals surface area contributed by atoms with Crippen molar-refractivity contribution in [1.29, 1.82) is 0 Å². The highest BCUT2D eigenvalue weighted by Crippen LogP contribution is 2.31. The highest BCUT2D eigenvalue weighted by atomic mass is 32.2. The van der Waals surface area contributed by atoms with E-state index < -0.39 is 0 Å². The van der Waals surface area contributed by atoms with E-state index in [2.05, 4.69) is 41.0 Å². The summed E-state index contributed by atoms with van der Waals surface area (Å²) in [6, 6.07) is 6.93. The number of nitrogens with one attached hydrogen (secondary N) is 2. The van der Waals surface area contributed by atoms with Gasteiger partial charge < -0.3 is 10.6 Å². The van der Waals surface area contributed by atoms with Crippen LogP contribution in [0.15, 0.2) is 35.2 Å². The van der Waals surface area contributed by atoms with Gasteiger partial charge in [0.05, 0.1) is 11.4 Å². The molecule has 2 aliphatic rings. The molecule has 1 aliphatic heterocycles. The number of anilines is 1. The van der Waals surface area contributed by atoms with Gasteiger partial charge in [-0.05, 0) is 37.0 Å². The lowest BCUT2D eigenvalue weighted by molar-refractivity contribution is -0.113. The minimum atomic E-state index is 0.0972. The molecular formula is C15H18N2OS. The van der Waals surface area contributed by atoms with E-state index in [4.69, 9.17) is 0 Å². The molecule has 1 amide bonds. The largest absolute Gasteiger partial charge is 0.324 e. The van der Waals surface area contributed by atoms with Crippen LogP contribution in [0.4, 0.5) is 5.69 Å². The predicted molar refractivity (Wildman–Crippen MR) is 79.4 cm³/mol. The fourth-order valence-corrected chi connectivity index (χ4v) is 3.27. The van der Waals surface area contributed by atoms with Crippen LogP contribution in [0.2, 0.25) is 0 Å². The number of rotatable bonds is 3. The molecule has 2 N–H and O–H groups in total. The Morgan fingerprint density at radius 2 is 2.32 bits per heavy atom. The number of carbonyl (C=O) groups is 1.